The van der Waals surface area contributed by atoms with Crippen LogP contribution in [0.2, 0.25) is 0 Å². The van der Waals surface area contributed by atoms with Crippen molar-refractivity contribution >= 4 is 0 Å². The number of hydrogen-bond acceptors (Lipinski definition) is 0. The maximum absolute atomic E-state index is 2.47. The second-order valence-corrected chi connectivity index (χ2v) is 4.60. The van der Waals surface area contributed by atoms with Gasteiger partial charge in [-0.2, -0.15) is 0 Å². The molecule has 0 spiro atoms. The molecule has 2 bridgehead atoms. The molecule has 11 heavy (non-hydrogen) atoms. The summed E-state index contributed by atoms with van der Waals surface area (Å²) in [6.45, 7) is 4.82. The van der Waals surface area contributed by atoms with Crippen LogP contribution < -0.4 is 0 Å². The highest BCUT2D eigenvalue weighted by atomic mass is 14.3. The molecular formula is C11H18. The topological polar surface area (TPSA) is 0 Å². The largest absolute Gasteiger partial charge is 0.0851 e. The Morgan fingerprint density at radius 3 is 2.55 bits per heavy atom. The second-order valence-electron chi connectivity index (χ2n) is 4.60. The van der Waals surface area contributed by atoms with Gasteiger partial charge in [0, 0.05) is 0 Å². The molecule has 0 amide bonds. The molecule has 0 aliphatic heterocycles. The summed E-state index contributed by atoms with van der Waals surface area (Å²) in [5, 5.41) is 0. The highest BCUT2D eigenvalue weighted by Crippen LogP contribution is 2.40. The van der Waals surface area contributed by atoms with Gasteiger partial charge in [0.15, 0.2) is 0 Å². The lowest BCUT2D eigenvalue weighted by molar-refractivity contribution is 0.357. The Bertz CT molecular complexity index is 167. The molecule has 0 heteroatoms. The van der Waals surface area contributed by atoms with Gasteiger partial charge >= 0.3 is 0 Å². The van der Waals surface area contributed by atoms with E-state index in [4.69, 9.17) is 0 Å². The number of rotatable bonds is 0. The Labute approximate surface area is 69.7 Å². The summed E-state index contributed by atoms with van der Waals surface area (Å²) in [5.41, 5.74) is 0. The Hall–Kier alpha value is -0.260. The second kappa shape index (κ2) is 2.66. The van der Waals surface area contributed by atoms with Crippen molar-refractivity contribution in [3.05, 3.63) is 12.2 Å². The molecule has 3 rings (SSSR count). The molecule has 62 valence electrons. The van der Waals surface area contributed by atoms with Crippen molar-refractivity contribution < 1.29 is 0 Å². The summed E-state index contributed by atoms with van der Waals surface area (Å²) >= 11 is 0. The third-order valence-electron chi connectivity index (χ3n) is 3.42. The molecule has 3 aliphatic rings. The summed E-state index contributed by atoms with van der Waals surface area (Å²) in [6.07, 6.45) is 9.27. The van der Waals surface area contributed by atoms with Crippen molar-refractivity contribution in [1.82, 2.24) is 0 Å². The lowest BCUT2D eigenvalue weighted by Crippen LogP contribution is -2.13. The lowest BCUT2D eigenvalue weighted by Gasteiger charge is -2.23. The van der Waals surface area contributed by atoms with E-state index in [2.05, 4.69) is 26.0 Å². The van der Waals surface area contributed by atoms with Crippen LogP contribution in [0.5, 0.6) is 0 Å². The quantitative estimate of drug-likeness (QED) is 0.465. The van der Waals surface area contributed by atoms with Crippen LogP contribution in [-0.2, 0) is 0 Å². The van der Waals surface area contributed by atoms with Gasteiger partial charge in [-0.15, -0.1) is 0 Å². The SMILES string of the molecule is CC1CC2C=CC(C1)C(C)C2. The molecule has 0 aromatic heterocycles. The van der Waals surface area contributed by atoms with Crippen LogP contribution in [0.3, 0.4) is 0 Å². The van der Waals surface area contributed by atoms with Gasteiger partial charge in [-0.05, 0) is 42.9 Å². The average molecular weight is 150 g/mol. The molecule has 0 nitrogen and oxygen atoms in total. The first-order valence-electron chi connectivity index (χ1n) is 4.94. The van der Waals surface area contributed by atoms with Crippen molar-refractivity contribution in [2.45, 2.75) is 33.1 Å². The number of hydrogen-bond donors (Lipinski definition) is 0. The molecule has 0 radical (unpaired) electrons. The Morgan fingerprint density at radius 1 is 1.00 bits per heavy atom. The van der Waals surface area contributed by atoms with Gasteiger partial charge < -0.3 is 0 Å². The Kier molecular flexibility index (Phi) is 1.78. The van der Waals surface area contributed by atoms with Gasteiger partial charge in [0.2, 0.25) is 0 Å². The highest BCUT2D eigenvalue weighted by Gasteiger charge is 2.29. The molecule has 0 N–H and O–H groups in total. The van der Waals surface area contributed by atoms with Crippen LogP contribution in [0.1, 0.15) is 33.1 Å². The fourth-order valence-electron chi connectivity index (χ4n) is 2.78. The monoisotopic (exact) mass is 150 g/mol. The van der Waals surface area contributed by atoms with Gasteiger partial charge in [0.25, 0.3) is 0 Å². The third kappa shape index (κ3) is 1.36. The van der Waals surface area contributed by atoms with E-state index in [-0.39, 0.29) is 0 Å². The first-order valence-corrected chi connectivity index (χ1v) is 4.94. The smallest absolute Gasteiger partial charge is 0.0205 e. The van der Waals surface area contributed by atoms with Gasteiger partial charge in [-0.3, -0.25) is 0 Å². The molecule has 1 fully saturated rings. The molecule has 0 saturated heterocycles. The van der Waals surface area contributed by atoms with E-state index in [0.29, 0.717) is 0 Å². The van der Waals surface area contributed by atoms with Crippen molar-refractivity contribution in [2.75, 3.05) is 0 Å². The molecule has 0 heterocycles. The third-order valence-corrected chi connectivity index (χ3v) is 3.42. The molecule has 4 unspecified atom stereocenters. The van der Waals surface area contributed by atoms with E-state index < -0.39 is 0 Å². The molecule has 4 atom stereocenters. The van der Waals surface area contributed by atoms with Crippen LogP contribution in [0.15, 0.2) is 12.2 Å². The average Bonchev–Trinajstić information content (AvgIpc) is 2.16. The van der Waals surface area contributed by atoms with Gasteiger partial charge in [0.05, 0.1) is 0 Å². The summed E-state index contributed by atoms with van der Waals surface area (Å²) < 4.78 is 0. The van der Waals surface area contributed by atoms with Crippen molar-refractivity contribution in [3.8, 4) is 0 Å². The van der Waals surface area contributed by atoms with Gasteiger partial charge in [-0.1, -0.05) is 26.0 Å². The highest BCUT2D eigenvalue weighted by molar-refractivity contribution is 5.03. The first-order chi connectivity index (χ1) is 5.25. The van der Waals surface area contributed by atoms with Gasteiger partial charge in [-0.25, -0.2) is 0 Å². The summed E-state index contributed by atoms with van der Waals surface area (Å²) in [6, 6.07) is 0. The van der Waals surface area contributed by atoms with E-state index in [1.807, 2.05) is 0 Å². The minimum absolute atomic E-state index is 0.906. The molecule has 1 saturated carbocycles. The van der Waals surface area contributed by atoms with E-state index in [9.17, 15) is 0 Å². The zero-order valence-corrected chi connectivity index (χ0v) is 7.59. The van der Waals surface area contributed by atoms with E-state index >= 15 is 0 Å². The molecular weight excluding hydrogens is 132 g/mol. The Morgan fingerprint density at radius 2 is 1.82 bits per heavy atom. The zero-order chi connectivity index (χ0) is 7.84. The number of fused-ring (bicyclic) bond motifs is 3. The lowest BCUT2D eigenvalue weighted by atomic mass is 9.82. The maximum Gasteiger partial charge on any atom is -0.0205 e. The van der Waals surface area contributed by atoms with Crippen LogP contribution in [0, 0.1) is 23.7 Å². The van der Waals surface area contributed by atoms with E-state index in [1.165, 1.54) is 19.3 Å². The van der Waals surface area contributed by atoms with Crippen LogP contribution >= 0.6 is 0 Å². The predicted octanol–water partition coefficient (Wildman–Crippen LogP) is 3.24. The van der Waals surface area contributed by atoms with Crippen LogP contribution in [0.25, 0.3) is 0 Å². The summed E-state index contributed by atoms with van der Waals surface area (Å²) in [5.74, 6) is 3.74. The Balaban J connectivity index is 2.18. The summed E-state index contributed by atoms with van der Waals surface area (Å²) in [7, 11) is 0. The maximum atomic E-state index is 2.47. The first kappa shape index (κ1) is 7.39. The van der Waals surface area contributed by atoms with Crippen LogP contribution in [0.4, 0.5) is 0 Å². The van der Waals surface area contributed by atoms with Crippen molar-refractivity contribution in [1.29, 1.82) is 0 Å². The number of allylic oxidation sites excluding steroid dienone is 2. The van der Waals surface area contributed by atoms with E-state index in [1.54, 1.807) is 0 Å². The predicted molar refractivity (Wildman–Crippen MR) is 48.3 cm³/mol. The minimum Gasteiger partial charge on any atom is -0.0851 e. The molecule has 3 aliphatic carbocycles. The van der Waals surface area contributed by atoms with Gasteiger partial charge in [0.1, 0.15) is 0 Å². The summed E-state index contributed by atoms with van der Waals surface area (Å²) in [4.78, 5) is 0. The van der Waals surface area contributed by atoms with Crippen molar-refractivity contribution in [2.24, 2.45) is 23.7 Å². The normalized spacial score (nSPS) is 49.3. The van der Waals surface area contributed by atoms with E-state index in [0.717, 1.165) is 23.7 Å². The molecule has 0 aromatic rings. The molecule has 0 aromatic carbocycles. The zero-order valence-electron chi connectivity index (χ0n) is 7.59. The standard InChI is InChI=1S/C11H18/c1-8-5-10-3-4-11(6-8)9(2)7-10/h3-4,8-11H,5-7H2,1-2H3. The van der Waals surface area contributed by atoms with Crippen LogP contribution in [-0.4, -0.2) is 0 Å². The minimum atomic E-state index is 0.906. The fraction of sp³-hybridized carbons (Fsp3) is 0.818. The fourth-order valence-corrected chi connectivity index (χ4v) is 2.78. The van der Waals surface area contributed by atoms with Crippen molar-refractivity contribution in [3.63, 3.8) is 0 Å².